The fourth-order valence-corrected chi connectivity index (χ4v) is 4.24. The Morgan fingerprint density at radius 2 is 1.86 bits per heavy atom. The number of likely N-dealkylation sites (tertiary alicyclic amines) is 1. The van der Waals surface area contributed by atoms with Crippen molar-refractivity contribution in [3.63, 3.8) is 0 Å². The van der Waals surface area contributed by atoms with E-state index in [1.54, 1.807) is 0 Å². The van der Waals surface area contributed by atoms with Gasteiger partial charge in [0, 0.05) is 18.5 Å². The monoisotopic (exact) mass is 288 g/mol. The Morgan fingerprint density at radius 1 is 1.14 bits per heavy atom. The molecule has 2 N–H and O–H groups in total. The predicted octanol–water partition coefficient (Wildman–Crippen LogP) is 3.12. The fraction of sp³-hybridized carbons (Fsp3) is 0.667. The van der Waals surface area contributed by atoms with Gasteiger partial charge in [0.15, 0.2) is 0 Å². The number of ether oxygens (including phenoxy) is 1. The molecule has 1 fully saturated rings. The number of benzene rings is 1. The Labute approximate surface area is 128 Å². The highest BCUT2D eigenvalue weighted by Gasteiger charge is 2.42. The van der Waals surface area contributed by atoms with Crippen LogP contribution >= 0.6 is 0 Å². The number of hydrogen-bond donors (Lipinski definition) is 1. The van der Waals surface area contributed by atoms with Gasteiger partial charge in [0.25, 0.3) is 0 Å². The first kappa shape index (κ1) is 14.9. The highest BCUT2D eigenvalue weighted by Crippen LogP contribution is 2.44. The van der Waals surface area contributed by atoms with Gasteiger partial charge in [-0.3, -0.25) is 4.90 Å². The Balaban J connectivity index is 2.07. The third-order valence-electron chi connectivity index (χ3n) is 5.23. The van der Waals surface area contributed by atoms with Crippen LogP contribution in [0.15, 0.2) is 12.1 Å². The van der Waals surface area contributed by atoms with E-state index in [1.807, 2.05) is 0 Å². The van der Waals surface area contributed by atoms with Crippen LogP contribution in [0.4, 0.5) is 0 Å². The van der Waals surface area contributed by atoms with Crippen molar-refractivity contribution in [1.82, 2.24) is 4.90 Å². The first-order chi connectivity index (χ1) is 10.2. The first-order valence-corrected chi connectivity index (χ1v) is 8.37. The molecule has 0 aromatic heterocycles. The molecule has 1 aromatic rings. The second-order valence-corrected chi connectivity index (χ2v) is 6.69. The Hall–Kier alpha value is -1.06. The molecule has 3 rings (SSSR count). The van der Waals surface area contributed by atoms with Crippen LogP contribution in [0, 0.1) is 13.8 Å². The molecule has 3 heteroatoms. The summed E-state index contributed by atoms with van der Waals surface area (Å²) in [6, 6.07) is 4.46. The minimum absolute atomic E-state index is 0.0181. The van der Waals surface area contributed by atoms with Gasteiger partial charge in [-0.05, 0) is 57.0 Å². The number of rotatable bonds is 2. The molecule has 0 saturated carbocycles. The van der Waals surface area contributed by atoms with Gasteiger partial charge >= 0.3 is 0 Å². The summed E-state index contributed by atoms with van der Waals surface area (Å²) in [7, 11) is 0. The normalized spacial score (nSPS) is 26.8. The van der Waals surface area contributed by atoms with E-state index in [9.17, 15) is 0 Å². The van der Waals surface area contributed by atoms with Gasteiger partial charge in [-0.15, -0.1) is 0 Å². The van der Waals surface area contributed by atoms with Crippen molar-refractivity contribution < 1.29 is 4.74 Å². The van der Waals surface area contributed by atoms with Crippen molar-refractivity contribution in [2.75, 3.05) is 26.2 Å². The molecule has 0 spiro atoms. The van der Waals surface area contributed by atoms with E-state index < -0.39 is 0 Å². The van der Waals surface area contributed by atoms with Gasteiger partial charge in [0.2, 0.25) is 0 Å². The summed E-state index contributed by atoms with van der Waals surface area (Å²) >= 11 is 0. The number of nitrogens with two attached hydrogens (primary N) is 1. The average Bonchev–Trinajstić information content (AvgIpc) is 2.75. The SMILES string of the molecule is Cc1cc(C)c2c(c1)OCCC2(CN)N1CCCCCC1. The maximum Gasteiger partial charge on any atom is 0.124 e. The van der Waals surface area contributed by atoms with E-state index in [-0.39, 0.29) is 5.54 Å². The molecule has 2 aliphatic rings. The molecule has 2 aliphatic heterocycles. The molecule has 1 unspecified atom stereocenters. The lowest BCUT2D eigenvalue weighted by atomic mass is 9.79. The standard InChI is InChI=1S/C18H28N2O/c1-14-11-15(2)17-16(12-14)21-10-7-18(17,13-19)20-8-5-3-4-6-9-20/h11-12H,3-10,13,19H2,1-2H3. The molecule has 1 saturated heterocycles. The molecule has 116 valence electrons. The number of fused-ring (bicyclic) bond motifs is 1. The molecule has 21 heavy (non-hydrogen) atoms. The van der Waals surface area contributed by atoms with Crippen molar-refractivity contribution in [2.45, 2.75) is 51.5 Å². The quantitative estimate of drug-likeness (QED) is 0.908. The van der Waals surface area contributed by atoms with E-state index in [0.717, 1.165) is 18.8 Å². The molecule has 0 amide bonds. The third-order valence-corrected chi connectivity index (χ3v) is 5.23. The molecule has 0 aliphatic carbocycles. The van der Waals surface area contributed by atoms with E-state index in [0.29, 0.717) is 6.54 Å². The van der Waals surface area contributed by atoms with Crippen molar-refractivity contribution in [3.05, 3.63) is 28.8 Å². The molecule has 1 atom stereocenters. The fourth-order valence-electron chi connectivity index (χ4n) is 4.24. The minimum Gasteiger partial charge on any atom is -0.493 e. The topological polar surface area (TPSA) is 38.5 Å². The summed E-state index contributed by atoms with van der Waals surface area (Å²) in [5.74, 6) is 1.06. The number of hydrogen-bond acceptors (Lipinski definition) is 3. The van der Waals surface area contributed by atoms with E-state index in [4.69, 9.17) is 10.5 Å². The summed E-state index contributed by atoms with van der Waals surface area (Å²) in [5, 5.41) is 0. The smallest absolute Gasteiger partial charge is 0.124 e. The van der Waals surface area contributed by atoms with Crippen LogP contribution < -0.4 is 10.5 Å². The van der Waals surface area contributed by atoms with Gasteiger partial charge < -0.3 is 10.5 Å². The third kappa shape index (κ3) is 2.58. The van der Waals surface area contributed by atoms with E-state index >= 15 is 0 Å². The Kier molecular flexibility index (Phi) is 4.23. The Morgan fingerprint density at radius 3 is 2.52 bits per heavy atom. The maximum absolute atomic E-state index is 6.34. The second kappa shape index (κ2) is 5.98. The maximum atomic E-state index is 6.34. The molecular formula is C18H28N2O. The van der Waals surface area contributed by atoms with Gasteiger partial charge in [0.1, 0.15) is 5.75 Å². The zero-order chi connectivity index (χ0) is 14.9. The predicted molar refractivity (Wildman–Crippen MR) is 86.8 cm³/mol. The largest absolute Gasteiger partial charge is 0.493 e. The highest BCUT2D eigenvalue weighted by molar-refractivity contribution is 5.49. The van der Waals surface area contributed by atoms with Crippen LogP contribution in [0.5, 0.6) is 5.75 Å². The van der Waals surface area contributed by atoms with Gasteiger partial charge in [0.05, 0.1) is 12.1 Å². The van der Waals surface area contributed by atoms with Crippen LogP contribution in [-0.4, -0.2) is 31.1 Å². The lowest BCUT2D eigenvalue weighted by Crippen LogP contribution is -2.54. The molecule has 3 nitrogen and oxygen atoms in total. The van der Waals surface area contributed by atoms with Crippen LogP contribution in [0.2, 0.25) is 0 Å². The van der Waals surface area contributed by atoms with Crippen LogP contribution in [0.3, 0.4) is 0 Å². The van der Waals surface area contributed by atoms with Crippen LogP contribution in [-0.2, 0) is 5.54 Å². The van der Waals surface area contributed by atoms with Crippen LogP contribution in [0.25, 0.3) is 0 Å². The van der Waals surface area contributed by atoms with Crippen molar-refractivity contribution in [3.8, 4) is 5.75 Å². The first-order valence-electron chi connectivity index (χ1n) is 8.37. The van der Waals surface area contributed by atoms with Crippen molar-refractivity contribution in [1.29, 1.82) is 0 Å². The summed E-state index contributed by atoms with van der Waals surface area (Å²) in [6.45, 7) is 8.16. The molecule has 0 radical (unpaired) electrons. The van der Waals surface area contributed by atoms with Gasteiger partial charge in [-0.2, -0.15) is 0 Å². The van der Waals surface area contributed by atoms with E-state index in [2.05, 4.69) is 30.9 Å². The van der Waals surface area contributed by atoms with E-state index in [1.165, 1.54) is 55.5 Å². The molecule has 1 aromatic carbocycles. The lowest BCUT2D eigenvalue weighted by molar-refractivity contribution is 0.0506. The number of aryl methyl sites for hydroxylation is 2. The van der Waals surface area contributed by atoms with Gasteiger partial charge in [-0.25, -0.2) is 0 Å². The lowest BCUT2D eigenvalue weighted by Gasteiger charge is -2.47. The summed E-state index contributed by atoms with van der Waals surface area (Å²) in [4.78, 5) is 2.66. The van der Waals surface area contributed by atoms with Crippen LogP contribution in [0.1, 0.15) is 48.8 Å². The Bertz CT molecular complexity index is 506. The number of nitrogens with zero attached hydrogens (tertiary/aromatic N) is 1. The highest BCUT2D eigenvalue weighted by atomic mass is 16.5. The zero-order valence-corrected chi connectivity index (χ0v) is 13.5. The van der Waals surface area contributed by atoms with Gasteiger partial charge in [-0.1, -0.05) is 18.9 Å². The minimum atomic E-state index is -0.0181. The van der Waals surface area contributed by atoms with Crippen molar-refractivity contribution >= 4 is 0 Å². The van der Waals surface area contributed by atoms with Crippen molar-refractivity contribution in [2.24, 2.45) is 5.73 Å². The summed E-state index contributed by atoms with van der Waals surface area (Å²) < 4.78 is 5.98. The summed E-state index contributed by atoms with van der Waals surface area (Å²) in [6.07, 6.45) is 6.31. The molecule has 0 bridgehead atoms. The average molecular weight is 288 g/mol. The zero-order valence-electron chi connectivity index (χ0n) is 13.5. The second-order valence-electron chi connectivity index (χ2n) is 6.69. The summed E-state index contributed by atoms with van der Waals surface area (Å²) in [5.41, 5.74) is 10.3. The molecular weight excluding hydrogens is 260 g/mol. The molecule has 2 heterocycles.